The number of nitrogens with zero attached hydrogens (tertiary/aromatic N) is 1. The Hall–Kier alpha value is -2.05. The van der Waals surface area contributed by atoms with E-state index in [1.165, 1.54) is 0 Å². The van der Waals surface area contributed by atoms with Crippen LogP contribution in [0.1, 0.15) is 12.0 Å². The van der Waals surface area contributed by atoms with Crippen molar-refractivity contribution in [2.45, 2.75) is 6.43 Å². The van der Waals surface area contributed by atoms with Gasteiger partial charge in [0, 0.05) is 16.7 Å². The number of aromatic amines is 1. The van der Waals surface area contributed by atoms with Gasteiger partial charge >= 0.3 is 0 Å². The maximum Gasteiger partial charge on any atom is 0.263 e. The minimum absolute atomic E-state index is 0.0188. The van der Waals surface area contributed by atoms with E-state index in [4.69, 9.17) is 5.73 Å². The van der Waals surface area contributed by atoms with Gasteiger partial charge in [-0.3, -0.25) is 5.10 Å². The van der Waals surface area contributed by atoms with Crippen LogP contribution in [0.25, 0.3) is 11.1 Å². The van der Waals surface area contributed by atoms with Gasteiger partial charge in [-0.1, -0.05) is 0 Å². The molecule has 0 aliphatic heterocycles. The van der Waals surface area contributed by atoms with E-state index in [0.717, 1.165) is 12.3 Å². The lowest BCUT2D eigenvalue weighted by molar-refractivity contribution is 0.151. The van der Waals surface area contributed by atoms with Crippen molar-refractivity contribution < 1.29 is 17.6 Å². The molecule has 0 aliphatic rings. The Labute approximate surface area is 93.3 Å². The van der Waals surface area contributed by atoms with E-state index in [0.29, 0.717) is 6.07 Å². The second-order valence-electron chi connectivity index (χ2n) is 3.36. The van der Waals surface area contributed by atoms with Gasteiger partial charge in [-0.25, -0.2) is 17.6 Å². The van der Waals surface area contributed by atoms with Gasteiger partial charge in [-0.15, -0.1) is 0 Å². The quantitative estimate of drug-likeness (QED) is 0.799. The fourth-order valence-electron chi connectivity index (χ4n) is 1.44. The van der Waals surface area contributed by atoms with Crippen molar-refractivity contribution in [2.75, 3.05) is 5.73 Å². The van der Waals surface area contributed by atoms with Crippen molar-refractivity contribution >= 4 is 5.82 Å². The molecule has 0 saturated heterocycles. The highest BCUT2D eigenvalue weighted by atomic mass is 19.3. The van der Waals surface area contributed by atoms with Crippen LogP contribution in [0.3, 0.4) is 0 Å². The maximum absolute atomic E-state index is 13.5. The number of nitrogens with one attached hydrogen (secondary N) is 1. The minimum atomic E-state index is -2.89. The van der Waals surface area contributed by atoms with Gasteiger partial charge in [0.15, 0.2) is 11.6 Å². The number of nitrogen functional groups attached to an aromatic ring is 1. The molecule has 0 atom stereocenters. The second-order valence-corrected chi connectivity index (χ2v) is 3.36. The number of hydrogen-bond donors (Lipinski definition) is 2. The summed E-state index contributed by atoms with van der Waals surface area (Å²) in [5, 5.41) is 5.83. The Kier molecular flexibility index (Phi) is 2.74. The van der Waals surface area contributed by atoms with Crippen LogP contribution in [0.5, 0.6) is 0 Å². The van der Waals surface area contributed by atoms with Crippen molar-refractivity contribution in [1.29, 1.82) is 0 Å². The average Bonchev–Trinajstić information content (AvgIpc) is 2.68. The predicted octanol–water partition coefficient (Wildman–Crippen LogP) is 2.87. The van der Waals surface area contributed by atoms with Crippen LogP contribution in [0, 0.1) is 11.6 Å². The molecule has 0 unspecified atom stereocenters. The zero-order valence-corrected chi connectivity index (χ0v) is 8.35. The number of rotatable bonds is 2. The molecule has 0 amide bonds. The maximum atomic E-state index is 13.5. The lowest BCUT2D eigenvalue weighted by atomic mass is 10.0. The van der Waals surface area contributed by atoms with Crippen LogP contribution in [0.15, 0.2) is 18.3 Å². The van der Waals surface area contributed by atoms with Crippen molar-refractivity contribution in [3.63, 3.8) is 0 Å². The first kappa shape index (κ1) is 11.4. The zero-order chi connectivity index (χ0) is 12.6. The number of H-pyrrole nitrogens is 1. The lowest BCUT2D eigenvalue weighted by Crippen LogP contribution is -1.96. The zero-order valence-electron chi connectivity index (χ0n) is 8.35. The first-order valence-electron chi connectivity index (χ1n) is 4.57. The number of alkyl halides is 2. The Bertz CT molecular complexity index is 550. The summed E-state index contributed by atoms with van der Waals surface area (Å²) in [4.78, 5) is 0. The van der Waals surface area contributed by atoms with E-state index in [-0.39, 0.29) is 16.9 Å². The van der Waals surface area contributed by atoms with Gasteiger partial charge in [0.05, 0.1) is 6.20 Å². The van der Waals surface area contributed by atoms with Crippen LogP contribution in [-0.2, 0) is 0 Å². The molecule has 1 aromatic heterocycles. The SMILES string of the molecule is Nc1[nH]ncc1-c1cc(C(F)F)cc(F)c1F. The summed E-state index contributed by atoms with van der Waals surface area (Å²) in [5.41, 5.74) is 4.52. The monoisotopic (exact) mass is 245 g/mol. The molecule has 17 heavy (non-hydrogen) atoms. The number of nitrogens with two attached hydrogens (primary N) is 1. The number of halogens is 4. The third-order valence-corrected chi connectivity index (χ3v) is 2.26. The van der Waals surface area contributed by atoms with E-state index in [9.17, 15) is 17.6 Å². The van der Waals surface area contributed by atoms with Gasteiger partial charge < -0.3 is 5.73 Å². The fourth-order valence-corrected chi connectivity index (χ4v) is 1.44. The Morgan fingerprint density at radius 3 is 2.41 bits per heavy atom. The molecule has 0 fully saturated rings. The molecular weight excluding hydrogens is 238 g/mol. The summed E-state index contributed by atoms with van der Waals surface area (Å²) < 4.78 is 51.5. The normalized spacial score (nSPS) is 11.1. The fraction of sp³-hybridized carbons (Fsp3) is 0.100. The number of anilines is 1. The molecule has 3 nitrogen and oxygen atoms in total. The highest BCUT2D eigenvalue weighted by molar-refractivity contribution is 5.74. The average molecular weight is 245 g/mol. The smallest absolute Gasteiger partial charge is 0.263 e. The summed E-state index contributed by atoms with van der Waals surface area (Å²) in [7, 11) is 0. The molecule has 7 heteroatoms. The molecule has 2 aromatic rings. The van der Waals surface area contributed by atoms with E-state index in [1.54, 1.807) is 0 Å². The van der Waals surface area contributed by atoms with Crippen LogP contribution in [0.4, 0.5) is 23.4 Å². The van der Waals surface area contributed by atoms with Crippen LogP contribution < -0.4 is 5.73 Å². The Morgan fingerprint density at radius 1 is 1.18 bits per heavy atom. The largest absolute Gasteiger partial charge is 0.384 e. The summed E-state index contributed by atoms with van der Waals surface area (Å²) >= 11 is 0. The molecule has 90 valence electrons. The van der Waals surface area contributed by atoms with Gasteiger partial charge in [0.1, 0.15) is 5.82 Å². The predicted molar refractivity (Wildman–Crippen MR) is 53.3 cm³/mol. The number of aromatic nitrogens is 2. The Balaban J connectivity index is 2.65. The molecule has 1 heterocycles. The van der Waals surface area contributed by atoms with Gasteiger partial charge in [-0.05, 0) is 12.1 Å². The molecule has 0 spiro atoms. The molecule has 2 rings (SSSR count). The molecule has 0 aliphatic carbocycles. The number of hydrogen-bond acceptors (Lipinski definition) is 2. The van der Waals surface area contributed by atoms with Gasteiger partial charge in [0.25, 0.3) is 6.43 Å². The van der Waals surface area contributed by atoms with Gasteiger partial charge in [-0.2, -0.15) is 5.10 Å². The van der Waals surface area contributed by atoms with E-state index < -0.39 is 23.6 Å². The molecular formula is C10H7F4N3. The van der Waals surface area contributed by atoms with E-state index in [1.807, 2.05) is 0 Å². The summed E-state index contributed by atoms with van der Waals surface area (Å²) in [6.07, 6.45) is -1.75. The highest BCUT2D eigenvalue weighted by Gasteiger charge is 2.19. The van der Waals surface area contributed by atoms with Crippen molar-refractivity contribution in [3.8, 4) is 11.1 Å². The topological polar surface area (TPSA) is 54.7 Å². The van der Waals surface area contributed by atoms with Crippen molar-refractivity contribution in [1.82, 2.24) is 10.2 Å². The summed E-state index contributed by atoms with van der Waals surface area (Å²) in [5.74, 6) is -2.60. The first-order valence-corrected chi connectivity index (χ1v) is 4.57. The van der Waals surface area contributed by atoms with Crippen LogP contribution in [0.2, 0.25) is 0 Å². The van der Waals surface area contributed by atoms with E-state index in [2.05, 4.69) is 10.2 Å². The van der Waals surface area contributed by atoms with Gasteiger partial charge in [0.2, 0.25) is 0 Å². The standard InChI is InChI=1S/C10H7F4N3/c11-7-2-4(9(13)14)1-5(8(7)12)6-3-16-17-10(6)15/h1-3,9H,(H3,15,16,17). The first-order chi connectivity index (χ1) is 8.00. The third kappa shape index (κ3) is 1.95. The molecule has 0 radical (unpaired) electrons. The minimum Gasteiger partial charge on any atom is -0.384 e. The summed E-state index contributed by atoms with van der Waals surface area (Å²) in [6.45, 7) is 0. The Morgan fingerprint density at radius 2 is 1.88 bits per heavy atom. The highest BCUT2D eigenvalue weighted by Crippen LogP contribution is 2.32. The van der Waals surface area contributed by atoms with Crippen LogP contribution >= 0.6 is 0 Å². The van der Waals surface area contributed by atoms with Crippen LogP contribution in [-0.4, -0.2) is 10.2 Å². The molecule has 3 N–H and O–H groups in total. The van der Waals surface area contributed by atoms with Crippen molar-refractivity contribution in [3.05, 3.63) is 35.5 Å². The lowest BCUT2D eigenvalue weighted by Gasteiger charge is -2.06. The third-order valence-electron chi connectivity index (χ3n) is 2.26. The number of benzene rings is 1. The second kappa shape index (κ2) is 4.08. The molecule has 1 aromatic carbocycles. The molecule has 0 saturated carbocycles. The van der Waals surface area contributed by atoms with Crippen molar-refractivity contribution in [2.24, 2.45) is 0 Å². The summed E-state index contributed by atoms with van der Waals surface area (Å²) in [6, 6.07) is 1.31. The van der Waals surface area contributed by atoms with E-state index >= 15 is 0 Å². The molecule has 0 bridgehead atoms.